The molecule has 1 atom stereocenters. The van der Waals surface area contributed by atoms with Crippen LogP contribution in [0, 0.1) is 5.82 Å². The first-order valence-electron chi connectivity index (χ1n) is 10.0. The van der Waals surface area contributed by atoms with Crippen molar-refractivity contribution in [2.24, 2.45) is 0 Å². The Morgan fingerprint density at radius 1 is 1.26 bits per heavy atom. The van der Waals surface area contributed by atoms with Crippen LogP contribution in [0.5, 0.6) is 0 Å². The largest absolute Gasteiger partial charge is 0.457 e. The zero-order valence-corrected chi connectivity index (χ0v) is 17.6. The van der Waals surface area contributed by atoms with Gasteiger partial charge in [0, 0.05) is 42.0 Å². The number of amides is 1. The summed E-state index contributed by atoms with van der Waals surface area (Å²) in [7, 11) is 1.90. The van der Waals surface area contributed by atoms with Crippen molar-refractivity contribution in [3.05, 3.63) is 71.2 Å². The summed E-state index contributed by atoms with van der Waals surface area (Å²) in [6.45, 7) is 3.64. The molecule has 1 amide bonds. The molecule has 2 aromatic rings. The molecule has 1 unspecified atom stereocenters. The number of carbonyl (C=O) groups excluding carboxylic acids is 3. The highest BCUT2D eigenvalue weighted by Gasteiger charge is 2.38. The standard InChI is InChI=1S/C24H23FN2O4/c1-24(2)18-6-4-5-7-20(18)27(3)21(24)11-15(28)13-31-23(30)17-12-22(29)26-19-10-14(25)8-9-16(17)19/h4-11,17H,12-13H2,1-3H3,(H,26,29). The molecular formula is C24H23FN2O4. The summed E-state index contributed by atoms with van der Waals surface area (Å²) < 4.78 is 18.7. The molecule has 4 rings (SSSR count). The van der Waals surface area contributed by atoms with Crippen molar-refractivity contribution in [1.82, 2.24) is 0 Å². The number of allylic oxidation sites excluding steroid dienone is 1. The normalized spacial score (nSPS) is 20.1. The number of likely N-dealkylation sites (N-methyl/N-ethyl adjacent to an activating group) is 1. The number of nitrogens with zero attached hydrogens (tertiary/aromatic N) is 1. The second kappa shape index (κ2) is 7.65. The number of carbonyl (C=O) groups is 3. The molecule has 2 aromatic carbocycles. The van der Waals surface area contributed by atoms with Gasteiger partial charge in [0.25, 0.3) is 0 Å². The van der Waals surface area contributed by atoms with Gasteiger partial charge in [-0.25, -0.2) is 4.39 Å². The Hall–Kier alpha value is -3.48. The Kier molecular flexibility index (Phi) is 5.13. The predicted molar refractivity (Wildman–Crippen MR) is 114 cm³/mol. The topological polar surface area (TPSA) is 75.7 Å². The average Bonchev–Trinajstić information content (AvgIpc) is 2.92. The van der Waals surface area contributed by atoms with Gasteiger partial charge in [0.1, 0.15) is 5.82 Å². The molecular weight excluding hydrogens is 399 g/mol. The molecule has 6 nitrogen and oxygen atoms in total. The van der Waals surface area contributed by atoms with Gasteiger partial charge in [0.05, 0.1) is 5.92 Å². The maximum atomic E-state index is 13.5. The van der Waals surface area contributed by atoms with Gasteiger partial charge < -0.3 is 15.0 Å². The van der Waals surface area contributed by atoms with E-state index in [4.69, 9.17) is 4.74 Å². The molecule has 1 N–H and O–H groups in total. The minimum atomic E-state index is -0.875. The third-order valence-corrected chi connectivity index (χ3v) is 5.93. The molecule has 7 heteroatoms. The lowest BCUT2D eigenvalue weighted by Crippen LogP contribution is -2.30. The van der Waals surface area contributed by atoms with Gasteiger partial charge in [-0.05, 0) is 29.3 Å². The minimum absolute atomic E-state index is 0.113. The molecule has 2 aliphatic heterocycles. The number of nitrogens with one attached hydrogen (secondary N) is 1. The number of ketones is 1. The van der Waals surface area contributed by atoms with E-state index in [9.17, 15) is 18.8 Å². The summed E-state index contributed by atoms with van der Waals surface area (Å²) >= 11 is 0. The fourth-order valence-corrected chi connectivity index (χ4v) is 4.34. The first-order chi connectivity index (χ1) is 14.7. The number of para-hydroxylation sites is 1. The maximum absolute atomic E-state index is 13.5. The highest BCUT2D eigenvalue weighted by atomic mass is 19.1. The van der Waals surface area contributed by atoms with E-state index in [1.165, 1.54) is 18.2 Å². The lowest BCUT2D eigenvalue weighted by atomic mass is 9.83. The molecule has 0 saturated carbocycles. The highest BCUT2D eigenvalue weighted by molar-refractivity contribution is 6.01. The fraction of sp³-hybridized carbons (Fsp3) is 0.292. The van der Waals surface area contributed by atoms with E-state index in [1.54, 1.807) is 0 Å². The summed E-state index contributed by atoms with van der Waals surface area (Å²) in [5.74, 6) is -2.83. The van der Waals surface area contributed by atoms with Gasteiger partial charge in [-0.1, -0.05) is 38.1 Å². The molecule has 0 radical (unpaired) electrons. The van der Waals surface area contributed by atoms with Crippen LogP contribution in [0.25, 0.3) is 0 Å². The van der Waals surface area contributed by atoms with Crippen LogP contribution in [0.3, 0.4) is 0 Å². The molecule has 160 valence electrons. The van der Waals surface area contributed by atoms with Gasteiger partial charge in [-0.2, -0.15) is 0 Å². The summed E-state index contributed by atoms with van der Waals surface area (Å²) in [4.78, 5) is 39.1. The lowest BCUT2D eigenvalue weighted by Gasteiger charge is -2.25. The Morgan fingerprint density at radius 2 is 2.00 bits per heavy atom. The molecule has 0 fully saturated rings. The summed E-state index contributed by atoms with van der Waals surface area (Å²) in [6.07, 6.45) is 1.39. The number of fused-ring (bicyclic) bond motifs is 2. The molecule has 0 aliphatic carbocycles. The van der Waals surface area contributed by atoms with Crippen LogP contribution in [-0.2, 0) is 24.5 Å². The number of esters is 1. The number of hydrogen-bond donors (Lipinski definition) is 1. The molecule has 0 bridgehead atoms. The third-order valence-electron chi connectivity index (χ3n) is 5.93. The zero-order valence-electron chi connectivity index (χ0n) is 17.6. The lowest BCUT2D eigenvalue weighted by molar-refractivity contribution is -0.149. The summed E-state index contributed by atoms with van der Waals surface area (Å²) in [6, 6.07) is 11.8. The van der Waals surface area contributed by atoms with E-state index in [-0.39, 0.29) is 23.3 Å². The second-order valence-electron chi connectivity index (χ2n) is 8.34. The van der Waals surface area contributed by atoms with Crippen LogP contribution in [0.15, 0.2) is 54.2 Å². The average molecular weight is 422 g/mol. The molecule has 31 heavy (non-hydrogen) atoms. The Morgan fingerprint density at radius 3 is 2.74 bits per heavy atom. The minimum Gasteiger partial charge on any atom is -0.457 e. The third kappa shape index (κ3) is 3.71. The number of benzene rings is 2. The van der Waals surface area contributed by atoms with E-state index in [2.05, 4.69) is 5.32 Å². The van der Waals surface area contributed by atoms with Crippen molar-refractivity contribution >= 4 is 29.0 Å². The predicted octanol–water partition coefficient (Wildman–Crippen LogP) is 3.68. The van der Waals surface area contributed by atoms with Crippen molar-refractivity contribution in [2.45, 2.75) is 31.6 Å². The van der Waals surface area contributed by atoms with Crippen LogP contribution in [0.4, 0.5) is 15.8 Å². The smallest absolute Gasteiger partial charge is 0.314 e. The highest BCUT2D eigenvalue weighted by Crippen LogP contribution is 2.46. The first-order valence-corrected chi connectivity index (χ1v) is 10.0. The summed E-state index contributed by atoms with van der Waals surface area (Å²) in [5, 5.41) is 2.55. The van der Waals surface area contributed by atoms with Crippen LogP contribution in [0.2, 0.25) is 0 Å². The fourth-order valence-electron chi connectivity index (χ4n) is 4.34. The van der Waals surface area contributed by atoms with Gasteiger partial charge in [0.15, 0.2) is 12.4 Å². The van der Waals surface area contributed by atoms with E-state index >= 15 is 0 Å². The van der Waals surface area contributed by atoms with Crippen molar-refractivity contribution < 1.29 is 23.5 Å². The number of anilines is 2. The van der Waals surface area contributed by atoms with Gasteiger partial charge in [-0.3, -0.25) is 14.4 Å². The van der Waals surface area contributed by atoms with Crippen LogP contribution >= 0.6 is 0 Å². The first kappa shape index (κ1) is 20.8. The van der Waals surface area contributed by atoms with Crippen LogP contribution < -0.4 is 10.2 Å². The molecule has 0 spiro atoms. The van der Waals surface area contributed by atoms with E-state index in [0.29, 0.717) is 5.56 Å². The van der Waals surface area contributed by atoms with Crippen molar-refractivity contribution in [2.75, 3.05) is 23.9 Å². The quantitative estimate of drug-likeness (QED) is 0.601. The monoisotopic (exact) mass is 422 g/mol. The van der Waals surface area contributed by atoms with E-state index < -0.39 is 30.2 Å². The number of ether oxygens (including phenoxy) is 1. The maximum Gasteiger partial charge on any atom is 0.314 e. The summed E-state index contributed by atoms with van der Waals surface area (Å²) in [5.41, 5.74) is 3.32. The van der Waals surface area contributed by atoms with Crippen LogP contribution in [0.1, 0.15) is 37.3 Å². The Balaban J connectivity index is 1.48. The zero-order chi connectivity index (χ0) is 22.3. The van der Waals surface area contributed by atoms with Gasteiger partial charge >= 0.3 is 5.97 Å². The van der Waals surface area contributed by atoms with E-state index in [1.807, 2.05) is 50.1 Å². The van der Waals surface area contributed by atoms with Crippen molar-refractivity contribution in [3.63, 3.8) is 0 Å². The SMILES string of the molecule is CN1C(=CC(=O)COC(=O)C2CC(=O)Nc3cc(F)ccc32)C(C)(C)c2ccccc21. The van der Waals surface area contributed by atoms with Gasteiger partial charge in [-0.15, -0.1) is 0 Å². The number of halogens is 1. The number of hydrogen-bond acceptors (Lipinski definition) is 5. The van der Waals surface area contributed by atoms with E-state index in [0.717, 1.165) is 23.0 Å². The van der Waals surface area contributed by atoms with Crippen molar-refractivity contribution in [1.29, 1.82) is 0 Å². The van der Waals surface area contributed by atoms with Crippen molar-refractivity contribution in [3.8, 4) is 0 Å². The Labute approximate surface area is 179 Å². The molecule has 0 aromatic heterocycles. The van der Waals surface area contributed by atoms with Gasteiger partial charge in [0.2, 0.25) is 5.91 Å². The molecule has 2 aliphatic rings. The van der Waals surface area contributed by atoms with Crippen LogP contribution in [-0.4, -0.2) is 31.3 Å². The molecule has 0 saturated heterocycles. The second-order valence-corrected chi connectivity index (χ2v) is 8.34. The Bertz CT molecular complexity index is 1120. The molecule has 2 heterocycles. The number of rotatable bonds is 4.